The zero-order chi connectivity index (χ0) is 17.7. The lowest BCUT2D eigenvalue weighted by molar-refractivity contribution is -0.0604. The highest BCUT2D eigenvalue weighted by molar-refractivity contribution is 6.36. The molecule has 6 nitrogen and oxygen atoms in total. The zero-order valence-corrected chi connectivity index (χ0v) is 14.8. The lowest BCUT2D eigenvalue weighted by atomic mass is 9.98. The molecule has 0 unspecified atom stereocenters. The quantitative estimate of drug-likeness (QED) is 0.662. The molecule has 7 heteroatoms. The van der Waals surface area contributed by atoms with Gasteiger partial charge in [0, 0.05) is 29.1 Å². The number of carbonyl (C=O) groups excluding carboxylic acids is 1. The van der Waals surface area contributed by atoms with E-state index in [0.29, 0.717) is 30.3 Å². The second-order valence-electron chi connectivity index (χ2n) is 6.77. The Hall–Kier alpha value is -2.44. The van der Waals surface area contributed by atoms with Gasteiger partial charge in [-0.1, -0.05) is 41.1 Å². The van der Waals surface area contributed by atoms with E-state index in [0.717, 1.165) is 22.9 Å². The molecule has 0 saturated carbocycles. The number of carbonyl (C=O) groups is 1. The molecule has 3 heterocycles. The number of halogens is 1. The standard InChI is InChI=1S/C19H17ClN4O2/c20-16-6-2-3-13-14(16)4-1-5-15(13)19(25)23-8-7-18-17(10-23)24-12(11-26-18)9-21-22-24/h1-6,9,17-18H,7-8,10-11H2/t17-,18-/m1/s1. The molecule has 0 N–H and O–H groups in total. The number of benzene rings is 2. The smallest absolute Gasteiger partial charge is 0.254 e. The van der Waals surface area contributed by atoms with Gasteiger partial charge in [0.05, 0.1) is 30.6 Å². The summed E-state index contributed by atoms with van der Waals surface area (Å²) in [7, 11) is 0. The first-order valence-corrected chi connectivity index (χ1v) is 9.07. The molecule has 0 bridgehead atoms. The zero-order valence-electron chi connectivity index (χ0n) is 14.0. The number of ether oxygens (including phenoxy) is 1. The Morgan fingerprint density at radius 2 is 2.04 bits per heavy atom. The fraction of sp³-hybridized carbons (Fsp3) is 0.316. The van der Waals surface area contributed by atoms with Gasteiger partial charge in [-0.05, 0) is 23.9 Å². The number of aromatic nitrogens is 3. The Morgan fingerprint density at radius 1 is 1.19 bits per heavy atom. The van der Waals surface area contributed by atoms with Crippen LogP contribution < -0.4 is 0 Å². The summed E-state index contributed by atoms with van der Waals surface area (Å²) in [6, 6.07) is 11.4. The highest BCUT2D eigenvalue weighted by Crippen LogP contribution is 2.32. The number of hydrogen-bond donors (Lipinski definition) is 0. The largest absolute Gasteiger partial charge is 0.370 e. The number of nitrogens with zero attached hydrogens (tertiary/aromatic N) is 4. The van der Waals surface area contributed by atoms with Gasteiger partial charge in [-0.25, -0.2) is 4.68 Å². The molecule has 5 rings (SSSR count). The van der Waals surface area contributed by atoms with Crippen molar-refractivity contribution < 1.29 is 9.53 Å². The predicted molar refractivity (Wildman–Crippen MR) is 97.1 cm³/mol. The molecule has 1 saturated heterocycles. The number of rotatable bonds is 1. The Labute approximate surface area is 155 Å². The molecule has 132 valence electrons. The molecule has 2 aliphatic heterocycles. The molecule has 1 aromatic heterocycles. The van der Waals surface area contributed by atoms with E-state index in [9.17, 15) is 4.79 Å². The number of hydrogen-bond acceptors (Lipinski definition) is 4. The van der Waals surface area contributed by atoms with E-state index in [1.54, 1.807) is 6.20 Å². The number of piperidine rings is 1. The normalized spacial score (nSPS) is 22.1. The molecule has 0 radical (unpaired) electrons. The van der Waals surface area contributed by atoms with E-state index in [1.807, 2.05) is 46.0 Å². The van der Waals surface area contributed by atoms with Crippen LogP contribution in [0.4, 0.5) is 0 Å². The first kappa shape index (κ1) is 15.8. The van der Waals surface area contributed by atoms with Gasteiger partial charge >= 0.3 is 0 Å². The summed E-state index contributed by atoms with van der Waals surface area (Å²) in [5.74, 6) is 0.0172. The van der Waals surface area contributed by atoms with Crippen LogP contribution in [0.15, 0.2) is 42.6 Å². The van der Waals surface area contributed by atoms with Crippen LogP contribution in [0.3, 0.4) is 0 Å². The molecule has 0 aliphatic carbocycles. The summed E-state index contributed by atoms with van der Waals surface area (Å²) < 4.78 is 7.84. The van der Waals surface area contributed by atoms with Gasteiger partial charge in [0.15, 0.2) is 0 Å². The SMILES string of the molecule is O=C(c1cccc2c(Cl)cccc12)N1CC[C@H]2OCc3cnnn3[C@@H]2C1. The van der Waals surface area contributed by atoms with E-state index in [4.69, 9.17) is 16.3 Å². The second kappa shape index (κ2) is 6.07. The van der Waals surface area contributed by atoms with E-state index in [1.165, 1.54) is 0 Å². The first-order chi connectivity index (χ1) is 12.7. The Bertz CT molecular complexity index is 1000. The van der Waals surface area contributed by atoms with Crippen molar-refractivity contribution in [3.63, 3.8) is 0 Å². The van der Waals surface area contributed by atoms with Crippen molar-refractivity contribution in [2.45, 2.75) is 25.2 Å². The minimum atomic E-state index is 0.0116. The maximum Gasteiger partial charge on any atom is 0.254 e. The van der Waals surface area contributed by atoms with Crippen LogP contribution in [0, 0.1) is 0 Å². The molecular weight excluding hydrogens is 352 g/mol. The fourth-order valence-electron chi connectivity index (χ4n) is 3.99. The molecule has 2 aliphatic rings. The molecule has 3 aromatic rings. The van der Waals surface area contributed by atoms with Crippen molar-refractivity contribution in [2.24, 2.45) is 0 Å². The Morgan fingerprint density at radius 3 is 2.96 bits per heavy atom. The maximum absolute atomic E-state index is 13.2. The van der Waals surface area contributed by atoms with Gasteiger partial charge in [-0.3, -0.25) is 4.79 Å². The second-order valence-corrected chi connectivity index (χ2v) is 7.17. The third-order valence-electron chi connectivity index (χ3n) is 5.32. The monoisotopic (exact) mass is 368 g/mol. The van der Waals surface area contributed by atoms with Crippen LogP contribution in [0.25, 0.3) is 10.8 Å². The molecule has 26 heavy (non-hydrogen) atoms. The number of likely N-dealkylation sites (tertiary alicyclic amines) is 1. The summed E-state index contributed by atoms with van der Waals surface area (Å²) in [6.07, 6.45) is 2.60. The summed E-state index contributed by atoms with van der Waals surface area (Å²) in [5, 5.41) is 10.6. The van der Waals surface area contributed by atoms with Gasteiger partial charge in [0.1, 0.15) is 0 Å². The van der Waals surface area contributed by atoms with Crippen molar-refractivity contribution in [2.75, 3.05) is 13.1 Å². The van der Waals surface area contributed by atoms with Crippen LogP contribution in [0.5, 0.6) is 0 Å². The average molecular weight is 369 g/mol. The molecular formula is C19H17ClN4O2. The van der Waals surface area contributed by atoms with Crippen LogP contribution >= 0.6 is 11.6 Å². The molecule has 1 fully saturated rings. The van der Waals surface area contributed by atoms with Crippen molar-refractivity contribution in [3.05, 3.63) is 58.9 Å². The highest BCUT2D eigenvalue weighted by Gasteiger charge is 2.38. The van der Waals surface area contributed by atoms with Crippen LogP contribution in [0.2, 0.25) is 5.02 Å². The maximum atomic E-state index is 13.2. The summed E-state index contributed by atoms with van der Waals surface area (Å²) in [6.45, 7) is 1.77. The fourth-order valence-corrected chi connectivity index (χ4v) is 4.23. The number of amides is 1. The van der Waals surface area contributed by atoms with Crippen LogP contribution in [0.1, 0.15) is 28.5 Å². The topological polar surface area (TPSA) is 60.3 Å². The highest BCUT2D eigenvalue weighted by atomic mass is 35.5. The third kappa shape index (κ3) is 2.40. The van der Waals surface area contributed by atoms with Crippen LogP contribution in [-0.2, 0) is 11.3 Å². The first-order valence-electron chi connectivity index (χ1n) is 8.69. The molecule has 2 atom stereocenters. The van der Waals surface area contributed by atoms with E-state index >= 15 is 0 Å². The summed E-state index contributed by atoms with van der Waals surface area (Å²) >= 11 is 6.29. The Kier molecular flexibility index (Phi) is 3.69. The minimum Gasteiger partial charge on any atom is -0.370 e. The Balaban J connectivity index is 1.48. The predicted octanol–water partition coefficient (Wildman–Crippen LogP) is 3.07. The van der Waals surface area contributed by atoms with Crippen molar-refractivity contribution in [3.8, 4) is 0 Å². The van der Waals surface area contributed by atoms with Crippen molar-refractivity contribution >= 4 is 28.3 Å². The third-order valence-corrected chi connectivity index (χ3v) is 5.64. The van der Waals surface area contributed by atoms with Gasteiger partial charge in [-0.2, -0.15) is 0 Å². The van der Waals surface area contributed by atoms with Gasteiger partial charge < -0.3 is 9.64 Å². The van der Waals surface area contributed by atoms with E-state index < -0.39 is 0 Å². The van der Waals surface area contributed by atoms with Gasteiger partial charge in [-0.15, -0.1) is 5.10 Å². The minimum absolute atomic E-state index is 0.0116. The summed E-state index contributed by atoms with van der Waals surface area (Å²) in [5.41, 5.74) is 1.64. The van der Waals surface area contributed by atoms with Gasteiger partial charge in [0.25, 0.3) is 5.91 Å². The van der Waals surface area contributed by atoms with Crippen molar-refractivity contribution in [1.82, 2.24) is 19.9 Å². The van der Waals surface area contributed by atoms with E-state index in [-0.39, 0.29) is 18.1 Å². The van der Waals surface area contributed by atoms with Crippen LogP contribution in [-0.4, -0.2) is 45.0 Å². The lowest BCUT2D eigenvalue weighted by Crippen LogP contribution is -2.49. The van der Waals surface area contributed by atoms with E-state index in [2.05, 4.69) is 10.3 Å². The summed E-state index contributed by atoms with van der Waals surface area (Å²) in [4.78, 5) is 15.1. The van der Waals surface area contributed by atoms with Crippen molar-refractivity contribution in [1.29, 1.82) is 0 Å². The lowest BCUT2D eigenvalue weighted by Gasteiger charge is -2.41. The average Bonchev–Trinajstić information content (AvgIpc) is 3.16. The van der Waals surface area contributed by atoms with Gasteiger partial charge in [0.2, 0.25) is 0 Å². The molecule has 2 aromatic carbocycles. The number of fused-ring (bicyclic) bond motifs is 4. The molecule has 0 spiro atoms. The molecule has 1 amide bonds.